The van der Waals surface area contributed by atoms with Crippen molar-refractivity contribution in [3.05, 3.63) is 58.4 Å². The number of hydrogen-bond acceptors (Lipinski definition) is 3. The molecule has 0 aliphatic heterocycles. The Balaban J connectivity index is 1.86. The largest absolute Gasteiger partial charge is 0.507 e. The van der Waals surface area contributed by atoms with Crippen LogP contribution in [0.15, 0.2) is 53.4 Å². The molecule has 0 saturated heterocycles. The predicted molar refractivity (Wildman–Crippen MR) is 84.5 cm³/mol. The summed E-state index contributed by atoms with van der Waals surface area (Å²) in [5, 5.41) is 11.7. The number of benzene rings is 2. The van der Waals surface area contributed by atoms with Crippen molar-refractivity contribution in [1.29, 1.82) is 0 Å². The number of thioether (sulfide) groups is 1. The van der Waals surface area contributed by atoms with Gasteiger partial charge in [0.1, 0.15) is 5.75 Å². The van der Waals surface area contributed by atoms with Crippen molar-refractivity contribution >= 4 is 44.8 Å². The summed E-state index contributed by atoms with van der Waals surface area (Å²) in [6.07, 6.45) is 0. The number of phenolic OH excluding ortho intramolecular Hbond substituents is 1. The lowest BCUT2D eigenvalue weighted by molar-refractivity contribution is 0.462. The SMILES string of the molecule is Oc1ccccc1SCc1sc2ccccc2c1Cl. The molecule has 4 heteroatoms. The maximum absolute atomic E-state index is 9.75. The van der Waals surface area contributed by atoms with Gasteiger partial charge in [0.15, 0.2) is 0 Å². The van der Waals surface area contributed by atoms with Gasteiger partial charge in [-0.25, -0.2) is 0 Å². The zero-order chi connectivity index (χ0) is 13.2. The molecule has 2 aromatic carbocycles. The Bertz CT molecular complexity index is 721. The van der Waals surface area contributed by atoms with E-state index in [1.807, 2.05) is 36.4 Å². The molecule has 0 aliphatic carbocycles. The third-order valence-electron chi connectivity index (χ3n) is 2.83. The fraction of sp³-hybridized carbons (Fsp3) is 0.0667. The van der Waals surface area contributed by atoms with Crippen molar-refractivity contribution in [2.45, 2.75) is 10.6 Å². The van der Waals surface area contributed by atoms with Crippen molar-refractivity contribution < 1.29 is 5.11 Å². The minimum absolute atomic E-state index is 0.324. The van der Waals surface area contributed by atoms with E-state index < -0.39 is 0 Å². The molecule has 0 atom stereocenters. The number of aromatic hydroxyl groups is 1. The van der Waals surface area contributed by atoms with Crippen LogP contribution >= 0.6 is 34.7 Å². The second-order valence-corrected chi connectivity index (χ2v) is 6.62. The standard InChI is InChI=1S/C15H11ClOS2/c16-15-10-5-1-3-7-12(10)19-14(15)9-18-13-8-4-2-6-11(13)17/h1-8,17H,9H2. The van der Waals surface area contributed by atoms with Crippen LogP contribution in [0, 0.1) is 0 Å². The predicted octanol–water partition coefficient (Wildman–Crippen LogP) is 5.55. The van der Waals surface area contributed by atoms with E-state index in [-0.39, 0.29) is 0 Å². The molecule has 1 aromatic heterocycles. The van der Waals surface area contributed by atoms with Crippen molar-refractivity contribution in [2.24, 2.45) is 0 Å². The number of hydrogen-bond donors (Lipinski definition) is 1. The Labute approximate surface area is 124 Å². The maximum Gasteiger partial charge on any atom is 0.129 e. The maximum atomic E-state index is 9.75. The number of rotatable bonds is 3. The molecule has 0 bridgehead atoms. The highest BCUT2D eigenvalue weighted by molar-refractivity contribution is 7.98. The minimum Gasteiger partial charge on any atom is -0.507 e. The molecule has 96 valence electrons. The van der Waals surface area contributed by atoms with Crippen LogP contribution in [-0.4, -0.2) is 5.11 Å². The van der Waals surface area contributed by atoms with Gasteiger partial charge in [-0.05, 0) is 18.2 Å². The normalized spacial score (nSPS) is 11.0. The Morgan fingerprint density at radius 3 is 2.58 bits per heavy atom. The third kappa shape index (κ3) is 2.59. The van der Waals surface area contributed by atoms with Gasteiger partial charge >= 0.3 is 0 Å². The molecule has 0 unspecified atom stereocenters. The first kappa shape index (κ1) is 12.9. The molecule has 0 spiro atoms. The number of phenols is 1. The summed E-state index contributed by atoms with van der Waals surface area (Å²) < 4.78 is 1.21. The second kappa shape index (κ2) is 5.45. The van der Waals surface area contributed by atoms with E-state index in [0.717, 1.165) is 25.9 Å². The first-order valence-electron chi connectivity index (χ1n) is 5.82. The van der Waals surface area contributed by atoms with Gasteiger partial charge < -0.3 is 5.11 Å². The highest BCUT2D eigenvalue weighted by atomic mass is 35.5. The smallest absolute Gasteiger partial charge is 0.129 e. The van der Waals surface area contributed by atoms with E-state index in [2.05, 4.69) is 6.07 Å². The van der Waals surface area contributed by atoms with Gasteiger partial charge in [-0.1, -0.05) is 41.9 Å². The van der Waals surface area contributed by atoms with E-state index in [4.69, 9.17) is 11.6 Å². The van der Waals surface area contributed by atoms with Crippen LogP contribution in [0.1, 0.15) is 4.88 Å². The molecule has 0 aliphatic rings. The molecular weight excluding hydrogens is 296 g/mol. The zero-order valence-electron chi connectivity index (χ0n) is 9.97. The van der Waals surface area contributed by atoms with E-state index >= 15 is 0 Å². The summed E-state index contributed by atoms with van der Waals surface area (Å²) in [5.74, 6) is 1.10. The molecule has 3 aromatic rings. The van der Waals surface area contributed by atoms with Gasteiger partial charge in [0, 0.05) is 25.6 Å². The molecule has 1 heterocycles. The summed E-state index contributed by atoms with van der Waals surface area (Å²) >= 11 is 9.72. The number of halogens is 1. The lowest BCUT2D eigenvalue weighted by Gasteiger charge is -2.02. The lowest BCUT2D eigenvalue weighted by Crippen LogP contribution is -1.77. The van der Waals surface area contributed by atoms with Crippen LogP contribution < -0.4 is 0 Å². The molecule has 1 nitrogen and oxygen atoms in total. The molecule has 19 heavy (non-hydrogen) atoms. The van der Waals surface area contributed by atoms with Crippen LogP contribution in [0.25, 0.3) is 10.1 Å². The summed E-state index contributed by atoms with van der Waals surface area (Å²) in [6.45, 7) is 0. The molecule has 0 amide bonds. The van der Waals surface area contributed by atoms with Crippen LogP contribution in [0.4, 0.5) is 0 Å². The van der Waals surface area contributed by atoms with Crippen molar-refractivity contribution in [3.8, 4) is 5.75 Å². The van der Waals surface area contributed by atoms with E-state index in [1.54, 1.807) is 29.2 Å². The Kier molecular flexibility index (Phi) is 3.69. The Morgan fingerprint density at radius 2 is 1.79 bits per heavy atom. The highest BCUT2D eigenvalue weighted by Crippen LogP contribution is 2.39. The summed E-state index contributed by atoms with van der Waals surface area (Å²) in [5.41, 5.74) is 0. The monoisotopic (exact) mass is 306 g/mol. The van der Waals surface area contributed by atoms with Crippen LogP contribution in [-0.2, 0) is 5.75 Å². The molecule has 3 rings (SSSR count). The summed E-state index contributed by atoms with van der Waals surface area (Å²) in [6, 6.07) is 15.5. The average Bonchev–Trinajstić information content (AvgIpc) is 2.75. The topological polar surface area (TPSA) is 20.2 Å². The van der Waals surface area contributed by atoms with E-state index in [0.29, 0.717) is 5.75 Å². The lowest BCUT2D eigenvalue weighted by atomic mass is 10.2. The number of para-hydroxylation sites is 1. The highest BCUT2D eigenvalue weighted by Gasteiger charge is 2.10. The van der Waals surface area contributed by atoms with Gasteiger partial charge in [0.25, 0.3) is 0 Å². The fourth-order valence-corrected chi connectivity index (χ4v) is 4.49. The summed E-state index contributed by atoms with van der Waals surface area (Å²) in [4.78, 5) is 2.03. The second-order valence-electron chi connectivity index (χ2n) is 4.09. The Morgan fingerprint density at radius 1 is 1.05 bits per heavy atom. The van der Waals surface area contributed by atoms with Gasteiger partial charge in [-0.2, -0.15) is 0 Å². The quantitative estimate of drug-likeness (QED) is 0.640. The number of fused-ring (bicyclic) bond motifs is 1. The zero-order valence-corrected chi connectivity index (χ0v) is 12.4. The van der Waals surface area contributed by atoms with Crippen molar-refractivity contribution in [2.75, 3.05) is 0 Å². The molecule has 1 N–H and O–H groups in total. The van der Waals surface area contributed by atoms with Crippen molar-refractivity contribution in [1.82, 2.24) is 0 Å². The third-order valence-corrected chi connectivity index (χ3v) is 5.81. The van der Waals surface area contributed by atoms with Gasteiger partial charge in [-0.3, -0.25) is 0 Å². The van der Waals surface area contributed by atoms with Crippen molar-refractivity contribution in [3.63, 3.8) is 0 Å². The van der Waals surface area contributed by atoms with Gasteiger partial charge in [0.2, 0.25) is 0 Å². The molecular formula is C15H11ClOS2. The molecule has 0 saturated carbocycles. The van der Waals surface area contributed by atoms with Gasteiger partial charge in [0.05, 0.1) is 5.02 Å². The summed E-state index contributed by atoms with van der Waals surface area (Å²) in [7, 11) is 0. The first-order chi connectivity index (χ1) is 9.25. The van der Waals surface area contributed by atoms with Crippen LogP contribution in [0.2, 0.25) is 5.02 Å². The fourth-order valence-electron chi connectivity index (χ4n) is 1.88. The van der Waals surface area contributed by atoms with E-state index in [9.17, 15) is 5.11 Å². The van der Waals surface area contributed by atoms with Gasteiger partial charge in [-0.15, -0.1) is 23.1 Å². The van der Waals surface area contributed by atoms with E-state index in [1.165, 1.54) is 4.70 Å². The molecule has 0 radical (unpaired) electrons. The first-order valence-corrected chi connectivity index (χ1v) is 8.00. The molecule has 0 fully saturated rings. The Hall–Kier alpha value is -1.16. The van der Waals surface area contributed by atoms with Crippen LogP contribution in [0.3, 0.4) is 0 Å². The minimum atomic E-state index is 0.324. The van der Waals surface area contributed by atoms with Crippen LogP contribution in [0.5, 0.6) is 5.75 Å². The number of thiophene rings is 1. The average molecular weight is 307 g/mol.